The van der Waals surface area contributed by atoms with Gasteiger partial charge in [0, 0.05) is 24.2 Å². The van der Waals surface area contributed by atoms with E-state index >= 15 is 0 Å². The number of thioether (sulfide) groups is 1. The molecule has 1 heterocycles. The Morgan fingerprint density at radius 3 is 2.29 bits per heavy atom. The smallest absolute Gasteiger partial charge is 0.233 e. The Balaban J connectivity index is 2.14. The highest BCUT2D eigenvalue weighted by molar-refractivity contribution is 7.99. The third-order valence-corrected chi connectivity index (χ3v) is 4.74. The number of carbonyl (C=O) groups excluding carboxylic acids is 1. The minimum atomic E-state index is 0.136. The second kappa shape index (κ2) is 8.33. The van der Waals surface area contributed by atoms with Gasteiger partial charge in [0.1, 0.15) is 0 Å². The second-order valence-electron chi connectivity index (χ2n) is 6.19. The predicted octanol–water partition coefficient (Wildman–Crippen LogP) is 3.70. The van der Waals surface area contributed by atoms with Crippen LogP contribution in [0.5, 0.6) is 0 Å². The molecular weight excluding hydrogens is 320 g/mol. The average molecular weight is 347 g/mol. The van der Waals surface area contributed by atoms with E-state index in [4.69, 9.17) is 0 Å². The van der Waals surface area contributed by atoms with E-state index in [-0.39, 0.29) is 18.0 Å². The van der Waals surface area contributed by atoms with E-state index in [2.05, 4.69) is 21.7 Å². The zero-order valence-electron chi connectivity index (χ0n) is 15.1. The van der Waals surface area contributed by atoms with Crippen molar-refractivity contribution in [3.05, 3.63) is 30.3 Å². The van der Waals surface area contributed by atoms with Crippen LogP contribution in [0.1, 0.15) is 34.6 Å². The number of nitrogens with zero attached hydrogens (tertiary/aromatic N) is 4. The first-order valence-electron chi connectivity index (χ1n) is 8.38. The molecule has 6 heteroatoms. The van der Waals surface area contributed by atoms with Crippen LogP contribution >= 0.6 is 11.8 Å². The van der Waals surface area contributed by atoms with Crippen molar-refractivity contribution in [1.82, 2.24) is 19.7 Å². The molecule has 1 amide bonds. The number of hydrogen-bond donors (Lipinski definition) is 0. The quantitative estimate of drug-likeness (QED) is 0.717. The van der Waals surface area contributed by atoms with Crippen molar-refractivity contribution in [3.8, 4) is 11.4 Å². The zero-order chi connectivity index (χ0) is 17.7. The van der Waals surface area contributed by atoms with Crippen molar-refractivity contribution in [1.29, 1.82) is 0 Å². The standard InChI is InChI=1S/C18H26N4OS/c1-6-21-17(15-10-8-7-9-11-15)19-20-18(21)24-12-16(23)22(13(2)3)14(4)5/h7-11,13-14H,6,12H2,1-5H3. The van der Waals surface area contributed by atoms with Gasteiger partial charge in [-0.2, -0.15) is 0 Å². The molecule has 0 fully saturated rings. The van der Waals surface area contributed by atoms with Gasteiger partial charge in [0.25, 0.3) is 0 Å². The second-order valence-corrected chi connectivity index (χ2v) is 7.14. The molecule has 0 aliphatic heterocycles. The van der Waals surface area contributed by atoms with Crippen LogP contribution in [0, 0.1) is 0 Å². The maximum atomic E-state index is 12.5. The number of amides is 1. The lowest BCUT2D eigenvalue weighted by atomic mass is 10.2. The number of carbonyl (C=O) groups is 1. The highest BCUT2D eigenvalue weighted by atomic mass is 32.2. The fourth-order valence-electron chi connectivity index (χ4n) is 2.85. The van der Waals surface area contributed by atoms with Gasteiger partial charge in [-0.3, -0.25) is 4.79 Å². The molecule has 24 heavy (non-hydrogen) atoms. The third kappa shape index (κ3) is 4.17. The van der Waals surface area contributed by atoms with Gasteiger partial charge < -0.3 is 9.47 Å². The lowest BCUT2D eigenvalue weighted by Crippen LogP contribution is -2.43. The third-order valence-electron chi connectivity index (χ3n) is 3.79. The highest BCUT2D eigenvalue weighted by Gasteiger charge is 2.21. The normalized spacial score (nSPS) is 11.3. The maximum absolute atomic E-state index is 12.5. The van der Waals surface area contributed by atoms with Crippen LogP contribution in [0.3, 0.4) is 0 Å². The first-order chi connectivity index (χ1) is 11.5. The van der Waals surface area contributed by atoms with Gasteiger partial charge in [0.05, 0.1) is 5.75 Å². The molecule has 0 saturated carbocycles. The molecule has 0 spiro atoms. The summed E-state index contributed by atoms with van der Waals surface area (Å²) in [5.41, 5.74) is 1.04. The van der Waals surface area contributed by atoms with Crippen molar-refractivity contribution in [2.24, 2.45) is 0 Å². The van der Waals surface area contributed by atoms with E-state index in [1.54, 1.807) is 0 Å². The zero-order valence-corrected chi connectivity index (χ0v) is 15.9. The Kier molecular flexibility index (Phi) is 6.43. The van der Waals surface area contributed by atoms with Gasteiger partial charge in [-0.05, 0) is 34.6 Å². The van der Waals surface area contributed by atoms with E-state index in [9.17, 15) is 4.79 Å². The Bertz CT molecular complexity index is 659. The molecule has 0 saturated heterocycles. The van der Waals surface area contributed by atoms with Crippen LogP contribution in [-0.2, 0) is 11.3 Å². The molecule has 0 aliphatic carbocycles. The van der Waals surface area contributed by atoms with Gasteiger partial charge >= 0.3 is 0 Å². The maximum Gasteiger partial charge on any atom is 0.233 e. The SMILES string of the molecule is CCn1c(SCC(=O)N(C(C)C)C(C)C)nnc1-c1ccccc1. The van der Waals surface area contributed by atoms with Crippen LogP contribution in [0.2, 0.25) is 0 Å². The molecule has 0 N–H and O–H groups in total. The van der Waals surface area contributed by atoms with E-state index < -0.39 is 0 Å². The molecule has 0 bridgehead atoms. The minimum absolute atomic E-state index is 0.136. The first kappa shape index (κ1) is 18.5. The Hall–Kier alpha value is -1.82. The summed E-state index contributed by atoms with van der Waals surface area (Å²) in [6.45, 7) is 11.0. The molecule has 2 aromatic rings. The Morgan fingerprint density at radius 1 is 1.12 bits per heavy atom. The van der Waals surface area contributed by atoms with Crippen LogP contribution < -0.4 is 0 Å². The van der Waals surface area contributed by atoms with Gasteiger partial charge in [-0.1, -0.05) is 42.1 Å². The molecule has 130 valence electrons. The Labute approximate surface area is 148 Å². The lowest BCUT2D eigenvalue weighted by Gasteiger charge is -2.30. The van der Waals surface area contributed by atoms with Crippen molar-refractivity contribution >= 4 is 17.7 Å². The minimum Gasteiger partial charge on any atom is -0.337 e. The van der Waals surface area contributed by atoms with Crippen molar-refractivity contribution in [2.75, 3.05) is 5.75 Å². The van der Waals surface area contributed by atoms with E-state index in [1.807, 2.05) is 62.9 Å². The fourth-order valence-corrected chi connectivity index (χ4v) is 3.73. The summed E-state index contributed by atoms with van der Waals surface area (Å²) in [5, 5.41) is 9.40. The molecule has 1 aromatic heterocycles. The molecule has 1 aromatic carbocycles. The number of rotatable bonds is 7. The average Bonchev–Trinajstić information content (AvgIpc) is 2.96. The number of benzene rings is 1. The van der Waals surface area contributed by atoms with Gasteiger partial charge in [0.15, 0.2) is 11.0 Å². The number of aromatic nitrogens is 3. The summed E-state index contributed by atoms with van der Waals surface area (Å²) < 4.78 is 2.06. The lowest BCUT2D eigenvalue weighted by molar-refractivity contribution is -0.131. The predicted molar refractivity (Wildman–Crippen MR) is 99.0 cm³/mol. The largest absolute Gasteiger partial charge is 0.337 e. The van der Waals surface area contributed by atoms with Crippen molar-refractivity contribution in [2.45, 2.75) is 58.4 Å². The molecule has 2 rings (SSSR count). The van der Waals surface area contributed by atoms with Crippen molar-refractivity contribution in [3.63, 3.8) is 0 Å². The molecule has 0 atom stereocenters. The topological polar surface area (TPSA) is 51.0 Å². The highest BCUT2D eigenvalue weighted by Crippen LogP contribution is 2.24. The van der Waals surface area contributed by atoms with Crippen LogP contribution in [0.4, 0.5) is 0 Å². The fraction of sp³-hybridized carbons (Fsp3) is 0.500. The summed E-state index contributed by atoms with van der Waals surface area (Å²) in [7, 11) is 0. The van der Waals surface area contributed by atoms with Crippen LogP contribution in [0.15, 0.2) is 35.5 Å². The van der Waals surface area contributed by atoms with E-state index in [0.29, 0.717) is 5.75 Å². The van der Waals surface area contributed by atoms with E-state index in [0.717, 1.165) is 23.1 Å². The van der Waals surface area contributed by atoms with Crippen molar-refractivity contribution < 1.29 is 4.79 Å². The van der Waals surface area contributed by atoms with Gasteiger partial charge in [-0.25, -0.2) is 0 Å². The Morgan fingerprint density at radius 2 is 1.75 bits per heavy atom. The summed E-state index contributed by atoms with van der Waals surface area (Å²) in [6, 6.07) is 10.4. The summed E-state index contributed by atoms with van der Waals surface area (Å²) in [6.07, 6.45) is 0. The van der Waals surface area contributed by atoms with Crippen LogP contribution in [-0.4, -0.2) is 43.4 Å². The monoisotopic (exact) mass is 346 g/mol. The van der Waals surface area contributed by atoms with Gasteiger partial charge in [0.2, 0.25) is 5.91 Å². The summed E-state index contributed by atoms with van der Waals surface area (Å²) in [4.78, 5) is 14.4. The number of hydrogen-bond acceptors (Lipinski definition) is 4. The summed E-state index contributed by atoms with van der Waals surface area (Å²) >= 11 is 1.46. The molecule has 0 radical (unpaired) electrons. The molecule has 0 unspecified atom stereocenters. The summed E-state index contributed by atoms with van der Waals surface area (Å²) in [5.74, 6) is 1.36. The van der Waals surface area contributed by atoms with Gasteiger partial charge in [-0.15, -0.1) is 10.2 Å². The molecule has 0 aliphatic rings. The molecular formula is C18H26N4OS. The van der Waals surface area contributed by atoms with E-state index in [1.165, 1.54) is 11.8 Å². The van der Waals surface area contributed by atoms with Crippen LogP contribution in [0.25, 0.3) is 11.4 Å². The first-order valence-corrected chi connectivity index (χ1v) is 9.36. The molecule has 5 nitrogen and oxygen atoms in total.